The van der Waals surface area contributed by atoms with Crippen molar-refractivity contribution >= 4 is 17.6 Å². The molecule has 0 saturated carbocycles. The van der Waals surface area contributed by atoms with Crippen LogP contribution in [0.1, 0.15) is 18.4 Å². The Balaban J connectivity index is 3.42. The Hall–Kier alpha value is -1.36. The molecule has 3 nitrogen and oxygen atoms in total. The number of benzene rings is 1. The summed E-state index contributed by atoms with van der Waals surface area (Å²) < 4.78 is 26.5. The van der Waals surface area contributed by atoms with E-state index in [0.29, 0.717) is 6.07 Å². The van der Waals surface area contributed by atoms with Crippen molar-refractivity contribution in [1.29, 1.82) is 0 Å². The van der Waals surface area contributed by atoms with E-state index >= 15 is 0 Å². The van der Waals surface area contributed by atoms with Crippen LogP contribution in [0.3, 0.4) is 0 Å². The number of hydrogen-bond donors (Lipinski definition) is 2. The monoisotopic (exact) mass is 236 g/mol. The fourth-order valence-corrected chi connectivity index (χ4v) is 1.27. The summed E-state index contributed by atoms with van der Waals surface area (Å²) in [7, 11) is 0. The Morgan fingerprint density at radius 1 is 1.53 bits per heavy atom. The standard InChI is InChI=1S/C9H7ClF2O3/c1-3(9(14)15)6-4(11)2-5(13)7(10)8(6)12/h2-3,13H,1H3,(H,14,15). The van der Waals surface area contributed by atoms with E-state index in [1.165, 1.54) is 0 Å². The topological polar surface area (TPSA) is 57.5 Å². The van der Waals surface area contributed by atoms with Crippen molar-refractivity contribution in [1.82, 2.24) is 0 Å². The zero-order valence-electron chi connectivity index (χ0n) is 7.59. The first-order valence-corrected chi connectivity index (χ1v) is 4.33. The van der Waals surface area contributed by atoms with Crippen LogP contribution in [0.5, 0.6) is 5.75 Å². The molecule has 1 rings (SSSR count). The SMILES string of the molecule is CC(C(=O)O)c1c(F)cc(O)c(Cl)c1F. The lowest BCUT2D eigenvalue weighted by Gasteiger charge is -2.11. The van der Waals surface area contributed by atoms with E-state index in [0.717, 1.165) is 6.92 Å². The van der Waals surface area contributed by atoms with E-state index in [2.05, 4.69) is 0 Å². The third kappa shape index (κ3) is 2.02. The molecular formula is C9H7ClF2O3. The third-order valence-corrected chi connectivity index (χ3v) is 2.34. The zero-order valence-corrected chi connectivity index (χ0v) is 8.35. The maximum atomic E-state index is 13.3. The predicted octanol–water partition coefficient (Wildman–Crippen LogP) is 2.51. The Bertz CT molecular complexity index is 420. The summed E-state index contributed by atoms with van der Waals surface area (Å²) in [5, 5.41) is 16.9. The summed E-state index contributed by atoms with van der Waals surface area (Å²) in [4.78, 5) is 10.6. The van der Waals surface area contributed by atoms with Crippen LogP contribution in [0.2, 0.25) is 5.02 Å². The molecule has 0 heterocycles. The second-order valence-electron chi connectivity index (χ2n) is 2.98. The van der Waals surface area contributed by atoms with Crippen LogP contribution in [0.4, 0.5) is 8.78 Å². The largest absolute Gasteiger partial charge is 0.506 e. The Labute approximate surface area is 88.9 Å². The van der Waals surface area contributed by atoms with Gasteiger partial charge in [-0.05, 0) is 6.92 Å². The van der Waals surface area contributed by atoms with Crippen molar-refractivity contribution in [2.24, 2.45) is 0 Å². The van der Waals surface area contributed by atoms with E-state index in [9.17, 15) is 13.6 Å². The van der Waals surface area contributed by atoms with Gasteiger partial charge in [0, 0.05) is 11.6 Å². The summed E-state index contributed by atoms with van der Waals surface area (Å²) in [6.45, 7) is 1.12. The molecule has 0 saturated heterocycles. The number of aromatic hydroxyl groups is 1. The molecule has 82 valence electrons. The van der Waals surface area contributed by atoms with E-state index in [-0.39, 0.29) is 0 Å². The molecule has 0 aliphatic carbocycles. The van der Waals surface area contributed by atoms with Crippen molar-refractivity contribution in [2.75, 3.05) is 0 Å². The first kappa shape index (κ1) is 11.7. The number of carboxylic acid groups (broad SMARTS) is 1. The maximum absolute atomic E-state index is 13.3. The molecule has 1 atom stereocenters. The molecule has 0 aromatic heterocycles. The number of halogens is 3. The van der Waals surface area contributed by atoms with Gasteiger partial charge in [0.05, 0.1) is 5.92 Å². The minimum atomic E-state index is -1.38. The predicted molar refractivity (Wildman–Crippen MR) is 49.1 cm³/mol. The van der Waals surface area contributed by atoms with Crippen LogP contribution in [0.15, 0.2) is 6.07 Å². The van der Waals surface area contributed by atoms with Gasteiger partial charge in [0.1, 0.15) is 16.6 Å². The number of hydrogen-bond acceptors (Lipinski definition) is 2. The summed E-state index contributed by atoms with van der Waals surface area (Å²) in [6.07, 6.45) is 0. The van der Waals surface area contributed by atoms with Crippen LogP contribution >= 0.6 is 11.6 Å². The molecule has 0 spiro atoms. The van der Waals surface area contributed by atoms with Crippen molar-refractivity contribution in [2.45, 2.75) is 12.8 Å². The molecule has 0 bridgehead atoms. The minimum absolute atomic E-state index is 0.584. The Morgan fingerprint density at radius 2 is 2.07 bits per heavy atom. The molecule has 0 radical (unpaired) electrons. The highest BCUT2D eigenvalue weighted by Crippen LogP contribution is 2.34. The van der Waals surface area contributed by atoms with Gasteiger partial charge in [0.2, 0.25) is 0 Å². The van der Waals surface area contributed by atoms with Gasteiger partial charge < -0.3 is 10.2 Å². The lowest BCUT2D eigenvalue weighted by Crippen LogP contribution is -2.11. The average Bonchev–Trinajstić information content (AvgIpc) is 2.14. The number of carbonyl (C=O) groups is 1. The second kappa shape index (κ2) is 4.02. The number of phenolic OH excluding ortho intramolecular Hbond substituents is 1. The number of carboxylic acids is 1. The van der Waals surface area contributed by atoms with Crippen LogP contribution in [-0.4, -0.2) is 16.2 Å². The van der Waals surface area contributed by atoms with Gasteiger partial charge in [-0.3, -0.25) is 4.79 Å². The Morgan fingerprint density at radius 3 is 2.53 bits per heavy atom. The maximum Gasteiger partial charge on any atom is 0.310 e. The molecule has 2 N–H and O–H groups in total. The van der Waals surface area contributed by atoms with E-state index in [1.807, 2.05) is 0 Å². The first-order chi connectivity index (χ1) is 6.86. The zero-order chi connectivity index (χ0) is 11.7. The summed E-state index contributed by atoms with van der Waals surface area (Å²) in [5.74, 6) is -5.89. The lowest BCUT2D eigenvalue weighted by atomic mass is 10.00. The highest BCUT2D eigenvalue weighted by Gasteiger charge is 2.25. The summed E-state index contributed by atoms with van der Waals surface area (Å²) in [6, 6.07) is 0.584. The second-order valence-corrected chi connectivity index (χ2v) is 3.36. The highest BCUT2D eigenvalue weighted by molar-refractivity contribution is 6.32. The normalized spacial score (nSPS) is 12.5. The third-order valence-electron chi connectivity index (χ3n) is 1.98. The van der Waals surface area contributed by atoms with Gasteiger partial charge >= 0.3 is 5.97 Å². The molecule has 0 aliphatic heterocycles. The molecular weight excluding hydrogens is 230 g/mol. The van der Waals surface area contributed by atoms with Crippen molar-refractivity contribution in [3.8, 4) is 5.75 Å². The van der Waals surface area contributed by atoms with Crippen LogP contribution in [-0.2, 0) is 4.79 Å². The quantitative estimate of drug-likeness (QED) is 0.776. The van der Waals surface area contributed by atoms with Gasteiger partial charge in [-0.25, -0.2) is 8.78 Å². The molecule has 6 heteroatoms. The van der Waals surface area contributed by atoms with Crippen LogP contribution in [0.25, 0.3) is 0 Å². The molecule has 15 heavy (non-hydrogen) atoms. The minimum Gasteiger partial charge on any atom is -0.506 e. The number of aliphatic carboxylic acids is 1. The van der Waals surface area contributed by atoms with Crippen molar-refractivity contribution < 1.29 is 23.8 Å². The number of rotatable bonds is 2. The van der Waals surface area contributed by atoms with Gasteiger partial charge in [-0.1, -0.05) is 11.6 Å². The Kier molecular flexibility index (Phi) is 3.14. The van der Waals surface area contributed by atoms with Crippen molar-refractivity contribution in [3.63, 3.8) is 0 Å². The van der Waals surface area contributed by atoms with Crippen molar-refractivity contribution in [3.05, 3.63) is 28.3 Å². The van der Waals surface area contributed by atoms with Gasteiger partial charge in [-0.2, -0.15) is 0 Å². The first-order valence-electron chi connectivity index (χ1n) is 3.95. The molecule has 1 aromatic carbocycles. The van der Waals surface area contributed by atoms with Crippen LogP contribution in [0, 0.1) is 11.6 Å². The number of phenols is 1. The molecule has 0 aliphatic rings. The average molecular weight is 237 g/mol. The molecule has 1 unspecified atom stereocenters. The van der Waals surface area contributed by atoms with E-state index in [4.69, 9.17) is 21.8 Å². The summed E-state index contributed by atoms with van der Waals surface area (Å²) >= 11 is 5.32. The molecule has 0 fully saturated rings. The molecule has 1 aromatic rings. The fraction of sp³-hybridized carbons (Fsp3) is 0.222. The highest BCUT2D eigenvalue weighted by atomic mass is 35.5. The smallest absolute Gasteiger partial charge is 0.310 e. The molecule has 0 amide bonds. The van der Waals surface area contributed by atoms with Gasteiger partial charge in [-0.15, -0.1) is 0 Å². The van der Waals surface area contributed by atoms with E-state index in [1.54, 1.807) is 0 Å². The van der Waals surface area contributed by atoms with Gasteiger partial charge in [0.25, 0.3) is 0 Å². The van der Waals surface area contributed by atoms with Crippen LogP contribution < -0.4 is 0 Å². The van der Waals surface area contributed by atoms with E-state index < -0.39 is 39.9 Å². The summed E-state index contributed by atoms with van der Waals surface area (Å²) in [5.41, 5.74) is -0.662. The fourth-order valence-electron chi connectivity index (χ4n) is 1.12. The lowest BCUT2D eigenvalue weighted by molar-refractivity contribution is -0.138. The van der Waals surface area contributed by atoms with Gasteiger partial charge in [0.15, 0.2) is 5.82 Å².